The lowest BCUT2D eigenvalue weighted by Gasteiger charge is -2.33. The molecule has 2 aromatic rings. The van der Waals surface area contributed by atoms with E-state index >= 15 is 0 Å². The van der Waals surface area contributed by atoms with Gasteiger partial charge in [-0.2, -0.15) is 0 Å². The molecule has 1 N–H and O–H groups in total. The van der Waals surface area contributed by atoms with Crippen LogP contribution in [0, 0.1) is 5.92 Å². The maximum absolute atomic E-state index is 13.3. The van der Waals surface area contributed by atoms with Gasteiger partial charge in [-0.1, -0.05) is 6.07 Å². The van der Waals surface area contributed by atoms with Crippen LogP contribution in [0.2, 0.25) is 0 Å². The van der Waals surface area contributed by atoms with Gasteiger partial charge in [-0.3, -0.25) is 14.4 Å². The third-order valence-electron chi connectivity index (χ3n) is 8.76. The fraction of sp³-hybridized carbons (Fsp3) is 0.303. The predicted molar refractivity (Wildman–Crippen MR) is 153 cm³/mol. The molecule has 0 unspecified atom stereocenters. The van der Waals surface area contributed by atoms with E-state index in [0.717, 1.165) is 61.0 Å². The second-order valence-electron chi connectivity index (χ2n) is 11.2. The van der Waals surface area contributed by atoms with Crippen LogP contribution in [-0.2, 0) is 9.59 Å². The third kappa shape index (κ3) is 4.34. The van der Waals surface area contributed by atoms with Gasteiger partial charge in [0.05, 0.1) is 24.0 Å². The van der Waals surface area contributed by atoms with E-state index in [4.69, 9.17) is 4.42 Å². The highest BCUT2D eigenvalue weighted by Crippen LogP contribution is 2.43. The van der Waals surface area contributed by atoms with Crippen LogP contribution in [0.1, 0.15) is 52.8 Å². The Morgan fingerprint density at radius 1 is 0.902 bits per heavy atom. The van der Waals surface area contributed by atoms with Gasteiger partial charge in [-0.15, -0.1) is 0 Å². The number of carbonyl (C=O) groups excluding carboxylic acids is 3. The molecular formula is C33H29N2O6+. The molecule has 0 spiro atoms. The molecule has 1 saturated carbocycles. The summed E-state index contributed by atoms with van der Waals surface area (Å²) in [5.41, 5.74) is 3.82. The largest absolute Gasteiger partial charge is 0.478 e. The van der Waals surface area contributed by atoms with Gasteiger partial charge in [-0.25, -0.2) is 9.37 Å². The quantitative estimate of drug-likeness (QED) is 0.164. The minimum atomic E-state index is -1.11. The first-order valence-electron chi connectivity index (χ1n) is 14.2. The van der Waals surface area contributed by atoms with E-state index in [0.29, 0.717) is 22.5 Å². The minimum Gasteiger partial charge on any atom is -0.478 e. The Balaban J connectivity index is 1.43. The molecule has 7 rings (SSSR count). The SMILES string of the molecule is O=C(CC1C(=O)CCC1=O)c1ccc(C(=O)O)c(-c2c3ccc(=[N+]4CCC4)cc-3oc3cc(N4CCC4)ccc23)c1. The number of anilines is 1. The fourth-order valence-corrected chi connectivity index (χ4v) is 6.12. The second kappa shape index (κ2) is 9.80. The third-order valence-corrected chi connectivity index (χ3v) is 8.76. The smallest absolute Gasteiger partial charge is 0.336 e. The molecule has 3 aliphatic heterocycles. The standard InChI is InChI=1S/C33H28N2O6/c36-27-9-10-28(37)26(27)18-29(38)19-3-6-22(33(39)40)25(15-19)32-23-7-4-20(34-11-1-12-34)16-30(23)41-31-17-21(5-8-24(31)32)35-13-2-14-35/h3-8,15-17,26H,1-2,9-14,18H2/p+1. The number of Topliss-reactive ketones (excluding diaryl/α,β-unsaturated/α-hetero) is 3. The highest BCUT2D eigenvalue weighted by Gasteiger charge is 2.35. The topological polar surface area (TPSA) is 108 Å². The molecule has 0 aromatic heterocycles. The first-order valence-corrected chi connectivity index (χ1v) is 14.2. The van der Waals surface area contributed by atoms with E-state index in [1.165, 1.54) is 12.1 Å². The van der Waals surface area contributed by atoms with Crippen LogP contribution in [0.5, 0.6) is 0 Å². The Kier molecular flexibility index (Phi) is 6.07. The maximum Gasteiger partial charge on any atom is 0.336 e. The van der Waals surface area contributed by atoms with Gasteiger partial charge < -0.3 is 14.4 Å². The monoisotopic (exact) mass is 549 g/mol. The number of hydrogen-bond acceptors (Lipinski definition) is 6. The van der Waals surface area contributed by atoms with Crippen LogP contribution in [0.3, 0.4) is 0 Å². The van der Waals surface area contributed by atoms with Gasteiger partial charge in [0.1, 0.15) is 36.0 Å². The molecule has 8 nitrogen and oxygen atoms in total. The molecule has 5 aliphatic rings. The molecule has 0 amide bonds. The van der Waals surface area contributed by atoms with E-state index < -0.39 is 11.9 Å². The number of hydrogen-bond donors (Lipinski definition) is 1. The lowest BCUT2D eigenvalue weighted by Crippen LogP contribution is -2.40. The minimum absolute atomic E-state index is 0.0574. The number of aromatic carboxylic acids is 1. The Hall–Kier alpha value is -4.59. The molecule has 2 aromatic carbocycles. The zero-order valence-electron chi connectivity index (χ0n) is 22.5. The summed E-state index contributed by atoms with van der Waals surface area (Å²) in [6, 6.07) is 16.5. The first kappa shape index (κ1) is 25.4. The molecule has 0 atom stereocenters. The summed E-state index contributed by atoms with van der Waals surface area (Å²) in [5.74, 6) is -2.16. The zero-order chi connectivity index (χ0) is 28.2. The van der Waals surface area contributed by atoms with E-state index in [9.17, 15) is 24.3 Å². The number of carboxylic acids is 1. The van der Waals surface area contributed by atoms with Crippen molar-refractivity contribution in [2.24, 2.45) is 5.92 Å². The molecule has 41 heavy (non-hydrogen) atoms. The second-order valence-corrected chi connectivity index (χ2v) is 11.2. The number of carboxylic acid groups (broad SMARTS) is 1. The van der Waals surface area contributed by atoms with Crippen LogP contribution < -0.4 is 14.8 Å². The van der Waals surface area contributed by atoms with Crippen molar-refractivity contribution >= 4 is 40.0 Å². The lowest BCUT2D eigenvalue weighted by molar-refractivity contribution is -0.127. The number of ketones is 3. The highest BCUT2D eigenvalue weighted by atomic mass is 16.4. The van der Waals surface area contributed by atoms with Crippen molar-refractivity contribution in [3.8, 4) is 22.5 Å². The number of rotatable bonds is 6. The number of nitrogens with zero attached hydrogens (tertiary/aromatic N) is 2. The van der Waals surface area contributed by atoms with Gasteiger partial charge in [0.2, 0.25) is 5.36 Å². The van der Waals surface area contributed by atoms with Gasteiger partial charge in [-0.05, 0) is 42.3 Å². The number of carbonyl (C=O) groups is 4. The Labute approximate surface area is 235 Å². The van der Waals surface area contributed by atoms with Crippen molar-refractivity contribution in [1.82, 2.24) is 4.58 Å². The van der Waals surface area contributed by atoms with Gasteiger partial charge in [0.15, 0.2) is 5.78 Å². The summed E-state index contributed by atoms with van der Waals surface area (Å²) in [6.45, 7) is 3.91. The van der Waals surface area contributed by atoms with Crippen LogP contribution in [0.15, 0.2) is 59.0 Å². The van der Waals surface area contributed by atoms with E-state index in [2.05, 4.69) is 9.48 Å². The van der Waals surface area contributed by atoms with Crippen molar-refractivity contribution in [3.05, 3.63) is 71.1 Å². The molecule has 0 bridgehead atoms. The van der Waals surface area contributed by atoms with Crippen molar-refractivity contribution < 1.29 is 28.7 Å². The summed E-state index contributed by atoms with van der Waals surface area (Å²) in [5, 5.41) is 12.0. The van der Waals surface area contributed by atoms with Crippen LogP contribution >= 0.6 is 0 Å². The number of benzene rings is 3. The summed E-state index contributed by atoms with van der Waals surface area (Å²) >= 11 is 0. The van der Waals surface area contributed by atoms with Crippen molar-refractivity contribution in [2.45, 2.75) is 32.1 Å². The average Bonchev–Trinajstić information content (AvgIpc) is 3.21. The van der Waals surface area contributed by atoms with Crippen molar-refractivity contribution in [3.63, 3.8) is 0 Å². The van der Waals surface area contributed by atoms with Crippen LogP contribution in [0.25, 0.3) is 33.4 Å². The van der Waals surface area contributed by atoms with Gasteiger partial charge in [0.25, 0.3) is 0 Å². The fourth-order valence-electron chi connectivity index (χ4n) is 6.12. The van der Waals surface area contributed by atoms with E-state index in [-0.39, 0.29) is 47.7 Å². The summed E-state index contributed by atoms with van der Waals surface area (Å²) in [7, 11) is 0. The molecule has 3 fully saturated rings. The normalized spacial score (nSPS) is 17.3. The zero-order valence-corrected chi connectivity index (χ0v) is 22.5. The number of fused-ring (bicyclic) bond motifs is 2. The summed E-state index contributed by atoms with van der Waals surface area (Å²) < 4.78 is 8.74. The van der Waals surface area contributed by atoms with Crippen molar-refractivity contribution in [2.75, 3.05) is 31.1 Å². The molecule has 2 aliphatic carbocycles. The van der Waals surface area contributed by atoms with Crippen molar-refractivity contribution in [1.29, 1.82) is 0 Å². The predicted octanol–water partition coefficient (Wildman–Crippen LogP) is 4.41. The Morgan fingerprint density at radius 2 is 1.68 bits per heavy atom. The first-order chi connectivity index (χ1) is 19.9. The van der Waals surface area contributed by atoms with E-state index in [1.54, 1.807) is 6.07 Å². The molecule has 3 heterocycles. The molecule has 206 valence electrons. The van der Waals surface area contributed by atoms with E-state index in [1.807, 2.05) is 36.4 Å². The molecular weight excluding hydrogens is 520 g/mol. The molecule has 0 radical (unpaired) electrons. The molecule has 2 saturated heterocycles. The van der Waals surface area contributed by atoms with Gasteiger partial charge >= 0.3 is 5.97 Å². The average molecular weight is 550 g/mol. The Bertz CT molecular complexity index is 1810. The van der Waals surface area contributed by atoms with Crippen LogP contribution in [-0.4, -0.2) is 54.6 Å². The Morgan fingerprint density at radius 3 is 2.34 bits per heavy atom. The maximum atomic E-state index is 13.3. The summed E-state index contributed by atoms with van der Waals surface area (Å²) in [4.78, 5) is 52.5. The van der Waals surface area contributed by atoms with Crippen LogP contribution in [0.4, 0.5) is 5.69 Å². The lowest BCUT2D eigenvalue weighted by atomic mass is 9.87. The highest BCUT2D eigenvalue weighted by molar-refractivity contribution is 6.14. The van der Waals surface area contributed by atoms with Gasteiger partial charge in [0, 0.05) is 72.2 Å². The molecule has 8 heteroatoms. The summed E-state index contributed by atoms with van der Waals surface area (Å²) in [6.07, 6.45) is 2.42.